The number of anilines is 3. The summed E-state index contributed by atoms with van der Waals surface area (Å²) in [6.07, 6.45) is 0. The molecule has 0 fully saturated rings. The Bertz CT molecular complexity index is 3420. The van der Waals surface area contributed by atoms with Crippen molar-refractivity contribution in [3.63, 3.8) is 0 Å². The molecule has 0 N–H and O–H groups in total. The molecule has 0 aliphatic heterocycles. The van der Waals surface area contributed by atoms with Crippen LogP contribution in [0.5, 0.6) is 0 Å². The van der Waals surface area contributed by atoms with Crippen LogP contribution in [0.1, 0.15) is 22.3 Å². The Balaban J connectivity index is 1.14. The zero-order valence-electron chi connectivity index (χ0n) is 34.5. The second-order valence-electron chi connectivity index (χ2n) is 16.3. The average Bonchev–Trinajstić information content (AvgIpc) is 3.89. The van der Waals surface area contributed by atoms with Crippen molar-refractivity contribution in [1.29, 1.82) is 0 Å². The molecule has 296 valence electrons. The van der Waals surface area contributed by atoms with Crippen molar-refractivity contribution in [2.45, 2.75) is 5.41 Å². The fourth-order valence-electron chi connectivity index (χ4n) is 10.4. The molecule has 2 heteroatoms. The average molecular weight is 804 g/mol. The Morgan fingerprint density at radius 1 is 0.317 bits per heavy atom. The monoisotopic (exact) mass is 803 g/mol. The number of nitrogens with zero attached hydrogens (tertiary/aromatic N) is 1. The van der Waals surface area contributed by atoms with Gasteiger partial charge in [-0.2, -0.15) is 0 Å². The van der Waals surface area contributed by atoms with E-state index >= 15 is 0 Å². The van der Waals surface area contributed by atoms with E-state index in [0.29, 0.717) is 0 Å². The molecule has 0 atom stereocenters. The van der Waals surface area contributed by atoms with E-state index in [0.717, 1.165) is 50.1 Å². The van der Waals surface area contributed by atoms with Gasteiger partial charge in [0.2, 0.25) is 0 Å². The van der Waals surface area contributed by atoms with Crippen LogP contribution < -0.4 is 4.90 Å². The molecule has 2 nitrogen and oxygen atoms in total. The molecule has 11 aromatic rings. The first-order chi connectivity index (χ1) is 31.3. The van der Waals surface area contributed by atoms with E-state index < -0.39 is 5.41 Å². The third-order valence-electron chi connectivity index (χ3n) is 13.0. The predicted octanol–water partition coefficient (Wildman–Crippen LogP) is 16.4. The Hall–Kier alpha value is -8.20. The quantitative estimate of drug-likeness (QED) is 0.152. The third kappa shape index (κ3) is 5.80. The van der Waals surface area contributed by atoms with Gasteiger partial charge in [0.25, 0.3) is 0 Å². The molecule has 0 unspecified atom stereocenters. The molecule has 0 radical (unpaired) electrons. The Morgan fingerprint density at radius 2 is 0.810 bits per heavy atom. The largest absolute Gasteiger partial charge is 0.456 e. The molecule has 1 aliphatic rings. The van der Waals surface area contributed by atoms with Crippen LogP contribution in [0.15, 0.2) is 253 Å². The number of benzene rings is 10. The van der Waals surface area contributed by atoms with Crippen molar-refractivity contribution in [1.82, 2.24) is 0 Å². The lowest BCUT2D eigenvalue weighted by molar-refractivity contribution is 0.669. The molecule has 12 rings (SSSR count). The zero-order valence-corrected chi connectivity index (χ0v) is 34.5. The molecule has 1 heterocycles. The van der Waals surface area contributed by atoms with Crippen molar-refractivity contribution in [2.24, 2.45) is 0 Å². The van der Waals surface area contributed by atoms with Gasteiger partial charge in [-0.05, 0) is 97.6 Å². The summed E-state index contributed by atoms with van der Waals surface area (Å²) in [4.78, 5) is 2.47. The van der Waals surface area contributed by atoms with E-state index in [9.17, 15) is 0 Å². The summed E-state index contributed by atoms with van der Waals surface area (Å²) in [7, 11) is 0. The standard InChI is InChI=1S/C61H41NO/c1-4-21-42(22-5-1)46-27-10-11-28-47(46)48-29-12-13-30-49(48)51-32-15-18-35-56(51)62(57-36-20-38-59-60(57)52-33-16-19-37-58(52)63-59)45-39-40-55-53(41-45)50-31-14-17-34-54(50)61(55,43-23-6-2-7-24-43)44-25-8-3-9-26-44/h1-41H. The summed E-state index contributed by atoms with van der Waals surface area (Å²) in [6, 6.07) is 90.2. The number of para-hydroxylation sites is 2. The maximum Gasteiger partial charge on any atom is 0.137 e. The van der Waals surface area contributed by atoms with Crippen molar-refractivity contribution in [3.05, 3.63) is 271 Å². The van der Waals surface area contributed by atoms with Gasteiger partial charge in [0.05, 0.1) is 22.2 Å². The number of fused-ring (bicyclic) bond motifs is 6. The summed E-state index contributed by atoms with van der Waals surface area (Å²) >= 11 is 0. The highest BCUT2D eigenvalue weighted by atomic mass is 16.3. The topological polar surface area (TPSA) is 16.4 Å². The minimum atomic E-state index is -0.498. The maximum absolute atomic E-state index is 6.58. The maximum atomic E-state index is 6.58. The molecule has 0 saturated carbocycles. The Kier molecular flexibility index (Phi) is 8.76. The first kappa shape index (κ1) is 36.6. The normalized spacial score (nSPS) is 12.6. The van der Waals surface area contributed by atoms with Crippen LogP contribution in [0.2, 0.25) is 0 Å². The highest BCUT2D eigenvalue weighted by Crippen LogP contribution is 2.58. The summed E-state index contributed by atoms with van der Waals surface area (Å²) in [5.74, 6) is 0. The van der Waals surface area contributed by atoms with Gasteiger partial charge in [0, 0.05) is 16.6 Å². The van der Waals surface area contributed by atoms with Gasteiger partial charge < -0.3 is 9.32 Å². The minimum absolute atomic E-state index is 0.498. The zero-order chi connectivity index (χ0) is 41.7. The third-order valence-corrected chi connectivity index (χ3v) is 13.0. The highest BCUT2D eigenvalue weighted by Gasteiger charge is 2.46. The molecule has 0 bridgehead atoms. The van der Waals surface area contributed by atoms with Crippen molar-refractivity contribution in [2.75, 3.05) is 4.90 Å². The van der Waals surface area contributed by atoms with Gasteiger partial charge in [-0.1, -0.05) is 212 Å². The first-order valence-electron chi connectivity index (χ1n) is 21.7. The molecule has 0 amide bonds. The van der Waals surface area contributed by atoms with Crippen LogP contribution in [-0.4, -0.2) is 0 Å². The number of hydrogen-bond donors (Lipinski definition) is 0. The minimum Gasteiger partial charge on any atom is -0.456 e. The van der Waals surface area contributed by atoms with Crippen molar-refractivity contribution >= 4 is 39.0 Å². The SMILES string of the molecule is c1ccc(-c2ccccc2-c2ccccc2-c2ccccc2N(c2ccc3c(c2)-c2ccccc2C3(c2ccccc2)c2ccccc2)c2cccc3oc4ccccc4c23)cc1. The van der Waals surface area contributed by atoms with E-state index in [1.165, 1.54) is 55.6 Å². The smallest absolute Gasteiger partial charge is 0.137 e. The van der Waals surface area contributed by atoms with Crippen LogP contribution in [-0.2, 0) is 5.41 Å². The molecule has 1 aliphatic carbocycles. The van der Waals surface area contributed by atoms with E-state index in [1.54, 1.807) is 0 Å². The van der Waals surface area contributed by atoms with E-state index in [2.05, 4.69) is 248 Å². The molecule has 0 spiro atoms. The lowest BCUT2D eigenvalue weighted by atomic mass is 9.68. The van der Waals surface area contributed by atoms with Gasteiger partial charge in [0.15, 0.2) is 0 Å². The van der Waals surface area contributed by atoms with Crippen molar-refractivity contribution < 1.29 is 4.42 Å². The molecule has 1 aromatic heterocycles. The summed E-state index contributed by atoms with van der Waals surface area (Å²) in [5.41, 5.74) is 19.0. The highest BCUT2D eigenvalue weighted by molar-refractivity contribution is 6.14. The fourth-order valence-corrected chi connectivity index (χ4v) is 10.4. The van der Waals surface area contributed by atoms with Gasteiger partial charge in [0.1, 0.15) is 11.2 Å². The van der Waals surface area contributed by atoms with Crippen LogP contribution in [0.4, 0.5) is 17.1 Å². The van der Waals surface area contributed by atoms with E-state index in [-0.39, 0.29) is 0 Å². The molecular weight excluding hydrogens is 763 g/mol. The number of rotatable bonds is 8. The Labute approximate surface area is 367 Å². The van der Waals surface area contributed by atoms with Crippen LogP contribution in [0, 0.1) is 0 Å². The van der Waals surface area contributed by atoms with E-state index in [1.807, 2.05) is 6.07 Å². The van der Waals surface area contributed by atoms with Crippen LogP contribution in [0.3, 0.4) is 0 Å². The molecule has 10 aromatic carbocycles. The number of furan rings is 1. The second kappa shape index (κ2) is 15.1. The van der Waals surface area contributed by atoms with Crippen LogP contribution >= 0.6 is 0 Å². The lowest BCUT2D eigenvalue weighted by Gasteiger charge is -2.34. The molecule has 63 heavy (non-hydrogen) atoms. The fraction of sp³-hybridized carbons (Fsp3) is 0.0164. The lowest BCUT2D eigenvalue weighted by Crippen LogP contribution is -2.28. The molecular formula is C61H41NO. The molecule has 0 saturated heterocycles. The Morgan fingerprint density at radius 3 is 1.52 bits per heavy atom. The summed E-state index contributed by atoms with van der Waals surface area (Å²) < 4.78 is 6.58. The van der Waals surface area contributed by atoms with Gasteiger partial charge >= 0.3 is 0 Å². The number of hydrogen-bond acceptors (Lipinski definition) is 2. The van der Waals surface area contributed by atoms with E-state index in [4.69, 9.17) is 4.42 Å². The first-order valence-corrected chi connectivity index (χ1v) is 21.7. The van der Waals surface area contributed by atoms with Gasteiger partial charge in [-0.15, -0.1) is 0 Å². The van der Waals surface area contributed by atoms with Crippen molar-refractivity contribution in [3.8, 4) is 44.5 Å². The van der Waals surface area contributed by atoms with Gasteiger partial charge in [-0.25, -0.2) is 0 Å². The summed E-state index contributed by atoms with van der Waals surface area (Å²) in [5, 5.41) is 2.16. The second-order valence-corrected chi connectivity index (χ2v) is 16.3. The summed E-state index contributed by atoms with van der Waals surface area (Å²) in [6.45, 7) is 0. The predicted molar refractivity (Wildman–Crippen MR) is 262 cm³/mol. The van der Waals surface area contributed by atoms with Gasteiger partial charge in [-0.3, -0.25) is 0 Å². The van der Waals surface area contributed by atoms with Crippen LogP contribution in [0.25, 0.3) is 66.4 Å².